The zero-order chi connectivity index (χ0) is 13.7. The lowest BCUT2D eigenvalue weighted by atomic mass is 9.64. The molecule has 1 amide bonds. The molecule has 1 aliphatic carbocycles. The van der Waals surface area contributed by atoms with Crippen molar-refractivity contribution in [2.75, 3.05) is 0 Å². The van der Waals surface area contributed by atoms with Crippen molar-refractivity contribution < 1.29 is 4.79 Å². The fourth-order valence-corrected chi connectivity index (χ4v) is 3.94. The van der Waals surface area contributed by atoms with Crippen LogP contribution in [0.1, 0.15) is 58.1 Å². The Morgan fingerprint density at radius 1 is 1.11 bits per heavy atom. The molecule has 2 aliphatic rings. The van der Waals surface area contributed by atoms with Crippen LogP contribution in [0.4, 0.5) is 0 Å². The summed E-state index contributed by atoms with van der Waals surface area (Å²) >= 11 is 0. The first-order chi connectivity index (χ1) is 8.97. The van der Waals surface area contributed by atoms with E-state index in [0.717, 1.165) is 12.8 Å². The van der Waals surface area contributed by atoms with Crippen molar-refractivity contribution in [1.82, 2.24) is 4.90 Å². The molecule has 1 spiro atoms. The molecule has 2 heteroatoms. The third kappa shape index (κ3) is 1.73. The quantitative estimate of drug-likeness (QED) is 0.698. The lowest BCUT2D eigenvalue weighted by Gasteiger charge is -2.60. The molecule has 19 heavy (non-hydrogen) atoms. The lowest BCUT2D eigenvalue weighted by Crippen LogP contribution is -2.67. The van der Waals surface area contributed by atoms with Gasteiger partial charge in [-0.15, -0.1) is 0 Å². The minimum absolute atomic E-state index is 0.0887. The predicted octanol–water partition coefficient (Wildman–Crippen LogP) is 3.93. The van der Waals surface area contributed by atoms with Gasteiger partial charge in [-0.05, 0) is 39.2 Å². The number of β-lactam (4-membered cyclic amide) rings is 1. The molecular weight excluding hydrogens is 234 g/mol. The van der Waals surface area contributed by atoms with E-state index in [-0.39, 0.29) is 17.0 Å². The van der Waals surface area contributed by atoms with Crippen LogP contribution in [0.25, 0.3) is 0 Å². The fourth-order valence-electron chi connectivity index (χ4n) is 3.94. The molecular formula is C17H23NO. The van der Waals surface area contributed by atoms with Crippen molar-refractivity contribution in [3.63, 3.8) is 0 Å². The van der Waals surface area contributed by atoms with Gasteiger partial charge >= 0.3 is 0 Å². The van der Waals surface area contributed by atoms with Crippen molar-refractivity contribution >= 4 is 5.91 Å². The average Bonchev–Trinajstić information content (AvgIpc) is 2.86. The minimum atomic E-state index is -0.0918. The Balaban J connectivity index is 2.03. The van der Waals surface area contributed by atoms with Gasteiger partial charge in [-0.3, -0.25) is 4.79 Å². The maximum absolute atomic E-state index is 12.7. The third-order valence-electron chi connectivity index (χ3n) is 4.76. The van der Waals surface area contributed by atoms with Gasteiger partial charge in [0.2, 0.25) is 5.91 Å². The average molecular weight is 257 g/mol. The molecule has 0 N–H and O–H groups in total. The first kappa shape index (κ1) is 12.7. The number of carbonyl (C=O) groups excluding carboxylic acids is 1. The molecule has 0 radical (unpaired) electrons. The van der Waals surface area contributed by atoms with E-state index < -0.39 is 0 Å². The molecule has 1 aliphatic heterocycles. The van der Waals surface area contributed by atoms with Crippen LogP contribution in [-0.4, -0.2) is 16.3 Å². The molecule has 1 heterocycles. The second kappa shape index (κ2) is 4.09. The maximum Gasteiger partial charge on any atom is 0.232 e. The van der Waals surface area contributed by atoms with Crippen LogP contribution in [0, 0.1) is 5.41 Å². The molecule has 3 rings (SSSR count). The van der Waals surface area contributed by atoms with Gasteiger partial charge in [0, 0.05) is 5.54 Å². The van der Waals surface area contributed by atoms with E-state index >= 15 is 0 Å². The summed E-state index contributed by atoms with van der Waals surface area (Å²) in [4.78, 5) is 14.8. The van der Waals surface area contributed by atoms with E-state index in [4.69, 9.17) is 0 Å². The number of hydrogen-bond donors (Lipinski definition) is 0. The Morgan fingerprint density at radius 3 is 2.21 bits per heavy atom. The Morgan fingerprint density at radius 2 is 1.68 bits per heavy atom. The molecule has 2 fully saturated rings. The van der Waals surface area contributed by atoms with Gasteiger partial charge in [0.25, 0.3) is 0 Å². The second-order valence-corrected chi connectivity index (χ2v) is 7.02. The highest BCUT2D eigenvalue weighted by Gasteiger charge is 2.63. The first-order valence-electron chi connectivity index (χ1n) is 7.35. The highest BCUT2D eigenvalue weighted by molar-refractivity contribution is 5.91. The van der Waals surface area contributed by atoms with Crippen LogP contribution in [0.5, 0.6) is 0 Å². The summed E-state index contributed by atoms with van der Waals surface area (Å²) in [6.07, 6.45) is 4.54. The van der Waals surface area contributed by atoms with Crippen LogP contribution in [0.15, 0.2) is 30.3 Å². The van der Waals surface area contributed by atoms with Crippen LogP contribution in [-0.2, 0) is 4.79 Å². The van der Waals surface area contributed by atoms with Crippen LogP contribution < -0.4 is 0 Å². The van der Waals surface area contributed by atoms with Crippen LogP contribution >= 0.6 is 0 Å². The topological polar surface area (TPSA) is 20.3 Å². The molecule has 0 aromatic heterocycles. The number of likely N-dealkylation sites (tertiary alicyclic amines) is 1. The van der Waals surface area contributed by atoms with Gasteiger partial charge < -0.3 is 4.90 Å². The summed E-state index contributed by atoms with van der Waals surface area (Å²) in [5.41, 5.74) is 1.12. The van der Waals surface area contributed by atoms with E-state index in [2.05, 4.69) is 49.9 Å². The van der Waals surface area contributed by atoms with Gasteiger partial charge in [-0.25, -0.2) is 0 Å². The maximum atomic E-state index is 12.7. The monoisotopic (exact) mass is 257 g/mol. The number of hydrogen-bond acceptors (Lipinski definition) is 1. The number of carbonyl (C=O) groups is 1. The van der Waals surface area contributed by atoms with E-state index in [1.165, 1.54) is 18.4 Å². The van der Waals surface area contributed by atoms with Crippen molar-refractivity contribution in [3.05, 3.63) is 35.9 Å². The Hall–Kier alpha value is -1.31. The molecule has 1 aromatic rings. The van der Waals surface area contributed by atoms with E-state index in [0.29, 0.717) is 5.91 Å². The largest absolute Gasteiger partial charge is 0.329 e. The highest BCUT2D eigenvalue weighted by Crippen LogP contribution is 2.60. The number of amides is 1. The molecule has 1 saturated heterocycles. The summed E-state index contributed by atoms with van der Waals surface area (Å²) in [6, 6.07) is 10.9. The number of nitrogens with zero attached hydrogens (tertiary/aromatic N) is 1. The summed E-state index contributed by atoms with van der Waals surface area (Å²) < 4.78 is 0. The summed E-state index contributed by atoms with van der Waals surface area (Å²) in [7, 11) is 0. The van der Waals surface area contributed by atoms with Crippen molar-refractivity contribution in [2.45, 2.75) is 58.0 Å². The van der Waals surface area contributed by atoms with Crippen molar-refractivity contribution in [2.24, 2.45) is 5.41 Å². The van der Waals surface area contributed by atoms with Gasteiger partial charge in [0.05, 0.1) is 11.5 Å². The third-order valence-corrected chi connectivity index (χ3v) is 4.76. The smallest absolute Gasteiger partial charge is 0.232 e. The standard InChI is InChI=1S/C17H23NO/c1-16(2,3)18-14(13-9-5-4-6-10-13)17(15(18)19)11-7-8-12-17/h4-6,9-10,14H,7-8,11-12H2,1-3H3. The van der Waals surface area contributed by atoms with Crippen LogP contribution in [0.3, 0.4) is 0 Å². The second-order valence-electron chi connectivity index (χ2n) is 7.02. The van der Waals surface area contributed by atoms with Crippen LogP contribution in [0.2, 0.25) is 0 Å². The normalized spacial score (nSPS) is 25.7. The van der Waals surface area contributed by atoms with E-state index in [1.807, 2.05) is 6.07 Å². The number of rotatable bonds is 1. The minimum Gasteiger partial charge on any atom is -0.329 e. The molecule has 2 nitrogen and oxygen atoms in total. The molecule has 1 saturated carbocycles. The Labute approximate surface area is 115 Å². The molecule has 0 bridgehead atoms. The zero-order valence-corrected chi connectivity index (χ0v) is 12.1. The van der Waals surface area contributed by atoms with Gasteiger partial charge in [-0.2, -0.15) is 0 Å². The SMILES string of the molecule is CC(C)(C)N1C(=O)C2(CCCC2)C1c1ccccc1. The molecule has 102 valence electrons. The lowest BCUT2D eigenvalue weighted by molar-refractivity contribution is -0.184. The number of benzene rings is 1. The Kier molecular flexibility index (Phi) is 2.74. The summed E-state index contributed by atoms with van der Waals surface area (Å²) in [6.45, 7) is 6.42. The van der Waals surface area contributed by atoms with Gasteiger partial charge in [-0.1, -0.05) is 43.2 Å². The fraction of sp³-hybridized carbons (Fsp3) is 0.588. The Bertz CT molecular complexity index is 480. The van der Waals surface area contributed by atoms with Gasteiger partial charge in [0.1, 0.15) is 0 Å². The van der Waals surface area contributed by atoms with Gasteiger partial charge in [0.15, 0.2) is 0 Å². The summed E-state index contributed by atoms with van der Waals surface area (Å²) in [5.74, 6) is 0.381. The molecule has 1 aromatic carbocycles. The van der Waals surface area contributed by atoms with E-state index in [9.17, 15) is 4.79 Å². The van der Waals surface area contributed by atoms with Crippen molar-refractivity contribution in [1.29, 1.82) is 0 Å². The molecule has 1 unspecified atom stereocenters. The van der Waals surface area contributed by atoms with Crippen molar-refractivity contribution in [3.8, 4) is 0 Å². The highest BCUT2D eigenvalue weighted by atomic mass is 16.2. The predicted molar refractivity (Wildman–Crippen MR) is 76.7 cm³/mol. The van der Waals surface area contributed by atoms with E-state index in [1.54, 1.807) is 0 Å². The zero-order valence-electron chi connectivity index (χ0n) is 12.1. The molecule has 1 atom stereocenters. The summed E-state index contributed by atoms with van der Waals surface area (Å²) in [5, 5.41) is 0. The first-order valence-corrected chi connectivity index (χ1v) is 7.35.